The van der Waals surface area contributed by atoms with Crippen molar-refractivity contribution >= 4 is 0 Å². The van der Waals surface area contributed by atoms with Gasteiger partial charge in [-0.15, -0.1) is 12.3 Å². The molecule has 0 N–H and O–H groups in total. The first-order valence-electron chi connectivity index (χ1n) is 9.50. The molecule has 2 heteroatoms. The van der Waals surface area contributed by atoms with Crippen LogP contribution < -0.4 is 0 Å². The molecule has 0 aliphatic carbocycles. The van der Waals surface area contributed by atoms with E-state index in [0.29, 0.717) is 6.79 Å². The number of unbranched alkanes of at least 4 members (excludes halogenated alkanes) is 12. The summed E-state index contributed by atoms with van der Waals surface area (Å²) in [6, 6.07) is 0. The lowest BCUT2D eigenvalue weighted by Crippen LogP contribution is -2.03. The van der Waals surface area contributed by atoms with Crippen LogP contribution in [0.3, 0.4) is 0 Å². The molecule has 0 rings (SSSR count). The molecular weight excluding hydrogens is 272 g/mol. The highest BCUT2D eigenvalue weighted by Crippen LogP contribution is 2.09. The van der Waals surface area contributed by atoms with Crippen LogP contribution in [0.5, 0.6) is 0 Å². The van der Waals surface area contributed by atoms with Gasteiger partial charge in [0.1, 0.15) is 6.79 Å². The molecule has 0 aliphatic rings. The standard InChI is InChI=1S/C20H38O2/c1-3-5-7-9-10-11-12-13-15-17-19-22-20-21-18-16-14-8-6-4-2/h1H,4-20H2,2H3. The van der Waals surface area contributed by atoms with Crippen LogP contribution in [-0.4, -0.2) is 20.0 Å². The van der Waals surface area contributed by atoms with Crippen LogP contribution in [0.2, 0.25) is 0 Å². The Balaban J connectivity index is 2.93. The second-order valence-corrected chi connectivity index (χ2v) is 6.13. The van der Waals surface area contributed by atoms with Gasteiger partial charge in [-0.2, -0.15) is 0 Å². The maximum Gasteiger partial charge on any atom is 0.146 e. The molecule has 0 saturated carbocycles. The Morgan fingerprint density at radius 1 is 0.636 bits per heavy atom. The molecule has 0 radical (unpaired) electrons. The van der Waals surface area contributed by atoms with Gasteiger partial charge < -0.3 is 9.47 Å². The van der Waals surface area contributed by atoms with Crippen LogP contribution in [0, 0.1) is 12.3 Å². The lowest BCUT2D eigenvalue weighted by molar-refractivity contribution is -0.0556. The van der Waals surface area contributed by atoms with Gasteiger partial charge in [-0.3, -0.25) is 0 Å². The monoisotopic (exact) mass is 310 g/mol. The largest absolute Gasteiger partial charge is 0.355 e. The van der Waals surface area contributed by atoms with Gasteiger partial charge in [-0.25, -0.2) is 0 Å². The molecule has 0 spiro atoms. The summed E-state index contributed by atoms with van der Waals surface area (Å²) < 4.78 is 11.0. The van der Waals surface area contributed by atoms with Crippen LogP contribution >= 0.6 is 0 Å². The Hall–Kier alpha value is -0.520. The molecule has 0 aromatic heterocycles. The zero-order chi connectivity index (χ0) is 16.1. The summed E-state index contributed by atoms with van der Waals surface area (Å²) in [5, 5.41) is 0. The molecule has 0 aromatic rings. The van der Waals surface area contributed by atoms with Crippen molar-refractivity contribution in [3.05, 3.63) is 0 Å². The Morgan fingerprint density at radius 2 is 1.09 bits per heavy atom. The van der Waals surface area contributed by atoms with Gasteiger partial charge in [0.15, 0.2) is 0 Å². The van der Waals surface area contributed by atoms with Gasteiger partial charge in [0.05, 0.1) is 0 Å². The van der Waals surface area contributed by atoms with Gasteiger partial charge >= 0.3 is 0 Å². The molecule has 0 heterocycles. The average molecular weight is 311 g/mol. The molecule has 0 aliphatic heterocycles. The topological polar surface area (TPSA) is 18.5 Å². The van der Waals surface area contributed by atoms with Crippen molar-refractivity contribution in [1.29, 1.82) is 0 Å². The molecule has 130 valence electrons. The molecule has 0 bridgehead atoms. The summed E-state index contributed by atoms with van der Waals surface area (Å²) in [6.45, 7) is 4.41. The Morgan fingerprint density at radius 3 is 1.59 bits per heavy atom. The van der Waals surface area contributed by atoms with E-state index >= 15 is 0 Å². The molecule has 0 fully saturated rings. The van der Waals surface area contributed by atoms with Crippen molar-refractivity contribution in [2.45, 2.75) is 96.8 Å². The average Bonchev–Trinajstić information content (AvgIpc) is 2.54. The summed E-state index contributed by atoms with van der Waals surface area (Å²) in [6.07, 6.45) is 22.9. The number of ether oxygens (including phenoxy) is 2. The predicted octanol–water partition coefficient (Wildman–Crippen LogP) is 6.09. The summed E-state index contributed by atoms with van der Waals surface area (Å²) >= 11 is 0. The first-order chi connectivity index (χ1) is 10.9. The number of hydrogen-bond donors (Lipinski definition) is 0. The fraction of sp³-hybridized carbons (Fsp3) is 0.900. The zero-order valence-corrected chi connectivity index (χ0v) is 14.9. The van der Waals surface area contributed by atoms with Crippen LogP contribution in [0.15, 0.2) is 0 Å². The maximum atomic E-state index is 5.49. The summed E-state index contributed by atoms with van der Waals surface area (Å²) in [5.41, 5.74) is 0. The van der Waals surface area contributed by atoms with Crippen molar-refractivity contribution in [3.63, 3.8) is 0 Å². The summed E-state index contributed by atoms with van der Waals surface area (Å²) in [5.74, 6) is 2.70. The lowest BCUT2D eigenvalue weighted by Gasteiger charge is -2.06. The van der Waals surface area contributed by atoms with Crippen LogP contribution in [0.1, 0.15) is 96.8 Å². The van der Waals surface area contributed by atoms with E-state index in [9.17, 15) is 0 Å². The van der Waals surface area contributed by atoms with E-state index in [4.69, 9.17) is 15.9 Å². The second-order valence-electron chi connectivity index (χ2n) is 6.13. The minimum Gasteiger partial charge on any atom is -0.355 e. The number of rotatable bonds is 18. The Labute approximate surface area is 139 Å². The predicted molar refractivity (Wildman–Crippen MR) is 95.9 cm³/mol. The van der Waals surface area contributed by atoms with Gasteiger partial charge in [0, 0.05) is 19.6 Å². The van der Waals surface area contributed by atoms with E-state index in [1.807, 2.05) is 0 Å². The zero-order valence-electron chi connectivity index (χ0n) is 14.9. The van der Waals surface area contributed by atoms with Crippen molar-refractivity contribution in [3.8, 4) is 12.3 Å². The van der Waals surface area contributed by atoms with E-state index in [1.54, 1.807) is 0 Å². The molecule has 0 atom stereocenters. The summed E-state index contributed by atoms with van der Waals surface area (Å²) in [7, 11) is 0. The maximum absolute atomic E-state index is 5.49. The minimum atomic E-state index is 0.475. The highest BCUT2D eigenvalue weighted by Gasteiger charge is 1.94. The third kappa shape index (κ3) is 19.5. The van der Waals surface area contributed by atoms with Crippen molar-refractivity contribution in [2.75, 3.05) is 20.0 Å². The highest BCUT2D eigenvalue weighted by atomic mass is 16.7. The lowest BCUT2D eigenvalue weighted by atomic mass is 10.1. The SMILES string of the molecule is C#CCCCCCCCCCCOCOCCCCCCC. The number of hydrogen-bond acceptors (Lipinski definition) is 2. The quantitative estimate of drug-likeness (QED) is 0.173. The Bertz CT molecular complexity index is 232. The van der Waals surface area contributed by atoms with E-state index < -0.39 is 0 Å². The third-order valence-corrected chi connectivity index (χ3v) is 3.92. The fourth-order valence-corrected chi connectivity index (χ4v) is 2.48. The molecular formula is C20H38O2. The molecule has 0 saturated heterocycles. The second kappa shape index (κ2) is 20.5. The van der Waals surface area contributed by atoms with Gasteiger partial charge in [-0.05, 0) is 19.3 Å². The van der Waals surface area contributed by atoms with Crippen LogP contribution in [-0.2, 0) is 9.47 Å². The first-order valence-corrected chi connectivity index (χ1v) is 9.50. The highest BCUT2D eigenvalue weighted by molar-refractivity contribution is 4.82. The van der Waals surface area contributed by atoms with Crippen LogP contribution in [0.25, 0.3) is 0 Å². The summed E-state index contributed by atoms with van der Waals surface area (Å²) in [4.78, 5) is 0. The normalized spacial score (nSPS) is 10.7. The van der Waals surface area contributed by atoms with Gasteiger partial charge in [-0.1, -0.05) is 71.1 Å². The smallest absolute Gasteiger partial charge is 0.146 e. The van der Waals surface area contributed by atoms with Gasteiger partial charge in [0.2, 0.25) is 0 Å². The fourth-order valence-electron chi connectivity index (χ4n) is 2.48. The third-order valence-electron chi connectivity index (χ3n) is 3.92. The molecule has 0 unspecified atom stereocenters. The van der Waals surface area contributed by atoms with Crippen molar-refractivity contribution in [1.82, 2.24) is 0 Å². The van der Waals surface area contributed by atoms with Crippen molar-refractivity contribution < 1.29 is 9.47 Å². The van der Waals surface area contributed by atoms with E-state index in [2.05, 4.69) is 12.8 Å². The minimum absolute atomic E-state index is 0.475. The van der Waals surface area contributed by atoms with E-state index in [-0.39, 0.29) is 0 Å². The molecule has 22 heavy (non-hydrogen) atoms. The van der Waals surface area contributed by atoms with Crippen LogP contribution in [0.4, 0.5) is 0 Å². The molecule has 0 amide bonds. The first kappa shape index (κ1) is 21.5. The Kier molecular flexibility index (Phi) is 20.0. The van der Waals surface area contributed by atoms with Gasteiger partial charge in [0.25, 0.3) is 0 Å². The molecule has 0 aromatic carbocycles. The molecule has 2 nitrogen and oxygen atoms in total. The van der Waals surface area contributed by atoms with E-state index in [0.717, 1.165) is 26.1 Å². The number of terminal acetylenes is 1. The van der Waals surface area contributed by atoms with Crippen molar-refractivity contribution in [2.24, 2.45) is 0 Å². The van der Waals surface area contributed by atoms with E-state index in [1.165, 1.54) is 77.0 Å².